The first kappa shape index (κ1) is 15.7. The lowest BCUT2D eigenvalue weighted by atomic mass is 10.2. The third kappa shape index (κ3) is 4.67. The van der Waals surface area contributed by atoms with E-state index in [9.17, 15) is 4.21 Å². The second kappa shape index (κ2) is 7.36. The van der Waals surface area contributed by atoms with Crippen LogP contribution in [0.4, 0.5) is 0 Å². The third-order valence-corrected chi connectivity index (χ3v) is 4.72. The molecule has 1 heterocycles. The minimum absolute atomic E-state index is 0.579. The van der Waals surface area contributed by atoms with Gasteiger partial charge in [0.1, 0.15) is 5.75 Å². The highest BCUT2D eigenvalue weighted by Gasteiger charge is 2.06. The maximum absolute atomic E-state index is 12.2. The SMILES string of the molecule is COc1ccc(CC[S@](=O)Cc2ccc(C)nc2C)cc1. The van der Waals surface area contributed by atoms with E-state index in [1.165, 1.54) is 5.56 Å². The van der Waals surface area contributed by atoms with Gasteiger partial charge in [-0.1, -0.05) is 18.2 Å². The minimum Gasteiger partial charge on any atom is -0.497 e. The summed E-state index contributed by atoms with van der Waals surface area (Å²) >= 11 is 0. The van der Waals surface area contributed by atoms with Gasteiger partial charge in [-0.2, -0.15) is 0 Å². The molecule has 4 heteroatoms. The lowest BCUT2D eigenvalue weighted by Gasteiger charge is -2.07. The normalized spacial score (nSPS) is 12.1. The number of hydrogen-bond acceptors (Lipinski definition) is 3. The van der Waals surface area contributed by atoms with Gasteiger partial charge in [0.05, 0.1) is 12.9 Å². The fourth-order valence-corrected chi connectivity index (χ4v) is 3.40. The van der Waals surface area contributed by atoms with E-state index in [2.05, 4.69) is 4.98 Å². The topological polar surface area (TPSA) is 39.2 Å². The van der Waals surface area contributed by atoms with Crippen LogP contribution >= 0.6 is 0 Å². The standard InChI is InChI=1S/C17H21NO2S/c1-13-4-7-16(14(2)18-13)12-21(19)11-10-15-5-8-17(20-3)9-6-15/h4-9H,10-12H2,1-3H3/t21-/m0/s1. The number of hydrogen-bond donors (Lipinski definition) is 0. The molecular formula is C17H21NO2S. The molecule has 0 spiro atoms. The van der Waals surface area contributed by atoms with Crippen molar-refractivity contribution in [2.75, 3.05) is 12.9 Å². The van der Waals surface area contributed by atoms with Crippen molar-refractivity contribution >= 4 is 10.8 Å². The third-order valence-electron chi connectivity index (χ3n) is 3.43. The molecule has 1 atom stereocenters. The average molecular weight is 303 g/mol. The summed E-state index contributed by atoms with van der Waals surface area (Å²) in [5.74, 6) is 2.09. The van der Waals surface area contributed by atoms with Crippen LogP contribution in [0.15, 0.2) is 36.4 Å². The van der Waals surface area contributed by atoms with Crippen LogP contribution in [-0.4, -0.2) is 22.1 Å². The molecule has 0 bridgehead atoms. The van der Waals surface area contributed by atoms with Crippen molar-refractivity contribution in [1.82, 2.24) is 4.98 Å². The van der Waals surface area contributed by atoms with E-state index in [0.29, 0.717) is 11.5 Å². The summed E-state index contributed by atoms with van der Waals surface area (Å²) in [6.45, 7) is 3.94. The highest BCUT2D eigenvalue weighted by atomic mass is 32.2. The second-order valence-corrected chi connectivity index (χ2v) is 6.66. The zero-order valence-electron chi connectivity index (χ0n) is 12.8. The summed E-state index contributed by atoms with van der Waals surface area (Å²) in [6, 6.07) is 11.9. The van der Waals surface area contributed by atoms with Gasteiger partial charge in [-0.15, -0.1) is 0 Å². The Bertz CT molecular complexity index is 623. The van der Waals surface area contributed by atoms with Crippen molar-refractivity contribution in [3.05, 3.63) is 58.9 Å². The molecule has 0 aliphatic carbocycles. The molecule has 2 aromatic rings. The molecule has 3 nitrogen and oxygen atoms in total. The van der Waals surface area contributed by atoms with Crippen LogP contribution in [0.5, 0.6) is 5.75 Å². The van der Waals surface area contributed by atoms with Gasteiger partial charge in [-0.3, -0.25) is 9.19 Å². The van der Waals surface area contributed by atoms with Crippen LogP contribution in [0.2, 0.25) is 0 Å². The smallest absolute Gasteiger partial charge is 0.118 e. The van der Waals surface area contributed by atoms with Gasteiger partial charge in [0.15, 0.2) is 0 Å². The maximum atomic E-state index is 12.2. The lowest BCUT2D eigenvalue weighted by Crippen LogP contribution is -2.06. The molecule has 0 aliphatic heterocycles. The molecule has 1 aromatic carbocycles. The van der Waals surface area contributed by atoms with Gasteiger partial charge >= 0.3 is 0 Å². The van der Waals surface area contributed by atoms with E-state index in [4.69, 9.17) is 4.74 Å². The Morgan fingerprint density at radius 1 is 1.10 bits per heavy atom. The Kier molecular flexibility index (Phi) is 5.51. The van der Waals surface area contributed by atoms with Gasteiger partial charge in [-0.05, 0) is 49.6 Å². The molecule has 112 valence electrons. The van der Waals surface area contributed by atoms with E-state index >= 15 is 0 Å². The number of pyridine rings is 1. The largest absolute Gasteiger partial charge is 0.497 e. The first-order valence-electron chi connectivity index (χ1n) is 6.99. The fraction of sp³-hybridized carbons (Fsp3) is 0.353. The molecule has 1 aromatic heterocycles. The van der Waals surface area contributed by atoms with Crippen molar-refractivity contribution in [2.45, 2.75) is 26.0 Å². The monoisotopic (exact) mass is 303 g/mol. The van der Waals surface area contributed by atoms with Gasteiger partial charge in [-0.25, -0.2) is 0 Å². The summed E-state index contributed by atoms with van der Waals surface area (Å²) < 4.78 is 17.3. The van der Waals surface area contributed by atoms with Gasteiger partial charge in [0, 0.05) is 27.9 Å². The van der Waals surface area contributed by atoms with Gasteiger partial charge < -0.3 is 4.74 Å². The molecule has 0 amide bonds. The van der Waals surface area contributed by atoms with Gasteiger partial charge in [0.2, 0.25) is 0 Å². The van der Waals surface area contributed by atoms with Gasteiger partial charge in [0.25, 0.3) is 0 Å². The van der Waals surface area contributed by atoms with E-state index in [0.717, 1.165) is 29.1 Å². The molecule has 21 heavy (non-hydrogen) atoms. The fourth-order valence-electron chi connectivity index (χ4n) is 2.14. The Morgan fingerprint density at radius 2 is 1.81 bits per heavy atom. The van der Waals surface area contributed by atoms with Crippen LogP contribution < -0.4 is 4.74 Å². The molecule has 0 radical (unpaired) electrons. The first-order valence-corrected chi connectivity index (χ1v) is 8.48. The molecule has 0 saturated heterocycles. The number of benzene rings is 1. The highest BCUT2D eigenvalue weighted by Crippen LogP contribution is 2.13. The Morgan fingerprint density at radius 3 is 2.43 bits per heavy atom. The molecule has 0 saturated carbocycles. The van der Waals surface area contributed by atoms with E-state index in [1.807, 2.05) is 50.2 Å². The van der Waals surface area contributed by atoms with Crippen LogP contribution in [-0.2, 0) is 23.0 Å². The lowest BCUT2D eigenvalue weighted by molar-refractivity contribution is 0.414. The van der Waals surface area contributed by atoms with Crippen LogP contribution in [0, 0.1) is 13.8 Å². The minimum atomic E-state index is -0.867. The van der Waals surface area contributed by atoms with Crippen molar-refractivity contribution in [3.63, 3.8) is 0 Å². The van der Waals surface area contributed by atoms with E-state index in [-0.39, 0.29) is 0 Å². The summed E-state index contributed by atoms with van der Waals surface area (Å²) in [5.41, 5.74) is 4.24. The quantitative estimate of drug-likeness (QED) is 0.822. The average Bonchev–Trinajstić information content (AvgIpc) is 2.48. The van der Waals surface area contributed by atoms with Crippen LogP contribution in [0.1, 0.15) is 22.5 Å². The Hall–Kier alpha value is -1.68. The summed E-state index contributed by atoms with van der Waals surface area (Å²) in [5, 5.41) is 0. The number of aryl methyl sites for hydroxylation is 3. The molecular weight excluding hydrogens is 282 g/mol. The number of aromatic nitrogens is 1. The summed E-state index contributed by atoms with van der Waals surface area (Å²) in [4.78, 5) is 4.42. The number of ether oxygens (including phenoxy) is 1. The van der Waals surface area contributed by atoms with Crippen molar-refractivity contribution in [1.29, 1.82) is 0 Å². The number of nitrogens with zero attached hydrogens (tertiary/aromatic N) is 1. The zero-order chi connectivity index (χ0) is 15.2. The van der Waals surface area contributed by atoms with Crippen molar-refractivity contribution < 1.29 is 8.95 Å². The summed E-state index contributed by atoms with van der Waals surface area (Å²) in [6.07, 6.45) is 0.814. The molecule has 0 N–H and O–H groups in total. The zero-order valence-corrected chi connectivity index (χ0v) is 13.6. The Labute approximate surface area is 128 Å². The summed E-state index contributed by atoms with van der Waals surface area (Å²) in [7, 11) is 0.788. The van der Waals surface area contributed by atoms with Crippen LogP contribution in [0.3, 0.4) is 0 Å². The van der Waals surface area contributed by atoms with E-state index < -0.39 is 10.8 Å². The van der Waals surface area contributed by atoms with Crippen molar-refractivity contribution in [3.8, 4) is 5.75 Å². The predicted molar refractivity (Wildman–Crippen MR) is 87.1 cm³/mol. The van der Waals surface area contributed by atoms with Crippen LogP contribution in [0.25, 0.3) is 0 Å². The van der Waals surface area contributed by atoms with Crippen molar-refractivity contribution in [2.24, 2.45) is 0 Å². The maximum Gasteiger partial charge on any atom is 0.118 e. The number of methoxy groups -OCH3 is 1. The predicted octanol–water partition coefficient (Wildman–Crippen LogP) is 3.20. The molecule has 0 aliphatic rings. The molecule has 0 fully saturated rings. The molecule has 2 rings (SSSR count). The van der Waals surface area contributed by atoms with E-state index in [1.54, 1.807) is 7.11 Å². The molecule has 0 unspecified atom stereocenters. The first-order chi connectivity index (χ1) is 10.1. The second-order valence-electron chi connectivity index (χ2n) is 5.08. The highest BCUT2D eigenvalue weighted by molar-refractivity contribution is 7.84. The number of rotatable bonds is 6. The Balaban J connectivity index is 1.89.